The molecular weight excluding hydrogens is 829 g/mol. The molecule has 19 nitrogen and oxygen atoms in total. The lowest BCUT2D eigenvalue weighted by Gasteiger charge is -2.49. The number of β-lactam (4-membered cyclic amide) rings is 1. The number of ether oxygens (including phenoxy) is 3. The quantitative estimate of drug-likeness (QED) is 0.0195. The zero-order valence-corrected chi connectivity index (χ0v) is 35.2. The molecule has 2 aliphatic rings. The van der Waals surface area contributed by atoms with Gasteiger partial charge in [-0.2, -0.15) is 14.6 Å². The third-order valence-corrected chi connectivity index (χ3v) is 10.7. The van der Waals surface area contributed by atoms with Crippen LogP contribution in [0.15, 0.2) is 83.6 Å². The van der Waals surface area contributed by atoms with Gasteiger partial charge in [0.15, 0.2) is 25.1 Å². The van der Waals surface area contributed by atoms with Crippen LogP contribution in [0.2, 0.25) is 0 Å². The van der Waals surface area contributed by atoms with E-state index < -0.39 is 46.8 Å². The van der Waals surface area contributed by atoms with Crippen LogP contribution >= 0.6 is 23.3 Å². The first-order chi connectivity index (χ1) is 29.3. The van der Waals surface area contributed by atoms with E-state index in [1.54, 1.807) is 77.5 Å². The van der Waals surface area contributed by atoms with Crippen LogP contribution in [0.3, 0.4) is 0 Å². The van der Waals surface area contributed by atoms with Crippen molar-refractivity contribution in [2.75, 3.05) is 24.8 Å². The van der Waals surface area contributed by atoms with Gasteiger partial charge in [0.05, 0.1) is 7.11 Å². The van der Waals surface area contributed by atoms with Crippen molar-refractivity contribution >= 4 is 70.0 Å². The Morgan fingerprint density at radius 1 is 1.13 bits per heavy atom. The lowest BCUT2D eigenvalue weighted by Crippen LogP contribution is -2.71. The number of rotatable bonds is 15. The first-order valence-electron chi connectivity index (χ1n) is 18.6. The number of anilines is 1. The molecule has 61 heavy (non-hydrogen) atoms. The topological polar surface area (TPSA) is 243 Å². The van der Waals surface area contributed by atoms with Crippen molar-refractivity contribution in [2.45, 2.75) is 57.9 Å². The summed E-state index contributed by atoms with van der Waals surface area (Å²) in [7, 11) is 1.55. The fourth-order valence-corrected chi connectivity index (χ4v) is 7.82. The predicted octanol–water partition coefficient (Wildman–Crippen LogP) is 3.62. The maximum absolute atomic E-state index is 14.0. The highest BCUT2D eigenvalue weighted by molar-refractivity contribution is 8.00. The van der Waals surface area contributed by atoms with E-state index in [0.29, 0.717) is 28.3 Å². The molecule has 1 saturated heterocycles. The molecule has 4 aromatic rings. The third-order valence-electron chi connectivity index (χ3n) is 8.70. The van der Waals surface area contributed by atoms with E-state index in [0.717, 1.165) is 22.7 Å². The number of nitrogens with one attached hydrogen (secondary N) is 4. The number of fused-ring (bicyclic) bond motifs is 1. The second-order valence-electron chi connectivity index (χ2n) is 14.2. The standard InChI is InChI=1S/C40H40N10O9S2/c1-6-58-47-30(33-45-38(61-48-33)46-39(55)59-40(2,3)4)34(52)44-31-35(53)50-32(37(54)57-20-23-7-10-28(56-5)11-8-23)26(21-60-36(31)50)19-49-15-13-24(14-16-49)25-17-27(42-18-25)9-12-29(51)43-22-41/h7-18,31,36H,6,19-21H2,1-5H3,(H3,43,44,45,46,48,51,52,55)/p+1/b12-9+,47-30+. The summed E-state index contributed by atoms with van der Waals surface area (Å²) >= 11 is 2.16. The Kier molecular flexibility index (Phi) is 13.8. The van der Waals surface area contributed by atoms with Crippen LogP contribution < -0.4 is 25.3 Å². The Morgan fingerprint density at radius 2 is 1.89 bits per heavy atom. The number of esters is 1. The summed E-state index contributed by atoms with van der Waals surface area (Å²) in [6, 6.07) is 11.6. The monoisotopic (exact) mass is 869 g/mol. The van der Waals surface area contributed by atoms with Crippen LogP contribution in [0.1, 0.15) is 44.8 Å². The van der Waals surface area contributed by atoms with Gasteiger partial charge in [-0.3, -0.25) is 29.9 Å². The molecule has 0 aliphatic carbocycles. The molecule has 1 aromatic carbocycles. The van der Waals surface area contributed by atoms with E-state index in [4.69, 9.17) is 24.3 Å². The van der Waals surface area contributed by atoms with E-state index in [1.807, 2.05) is 40.5 Å². The van der Waals surface area contributed by atoms with Gasteiger partial charge in [0.2, 0.25) is 16.7 Å². The smallest absolute Gasteiger partial charge is 0.414 e. The number of amides is 4. The second kappa shape index (κ2) is 19.3. The van der Waals surface area contributed by atoms with Crippen molar-refractivity contribution in [1.29, 1.82) is 5.26 Å². The van der Waals surface area contributed by atoms with Crippen molar-refractivity contribution in [1.82, 2.24) is 29.9 Å². The second-order valence-corrected chi connectivity index (χ2v) is 16.0. The van der Waals surface area contributed by atoms with Crippen LogP contribution in [0.25, 0.3) is 17.2 Å². The number of carbonyl (C=O) groups is 5. The number of oxime groups is 1. The number of H-pyrrole nitrogens is 1. The number of hydrogen-bond acceptors (Lipinski definition) is 15. The number of nitriles is 1. The fourth-order valence-electron chi connectivity index (χ4n) is 5.93. The minimum atomic E-state index is -1.05. The molecule has 2 aliphatic heterocycles. The highest BCUT2D eigenvalue weighted by Gasteiger charge is 2.55. The maximum Gasteiger partial charge on any atom is 0.414 e. The normalized spacial score (nSPS) is 16.2. The third kappa shape index (κ3) is 11.0. The Hall–Kier alpha value is -7.05. The Labute approximate surface area is 358 Å². The molecule has 316 valence electrons. The Balaban J connectivity index is 1.20. The largest absolute Gasteiger partial charge is 0.497 e. The molecular formula is C40H41N10O9S2+. The zero-order valence-electron chi connectivity index (χ0n) is 33.6. The molecule has 21 heteroatoms. The molecule has 0 saturated carbocycles. The van der Waals surface area contributed by atoms with Gasteiger partial charge in [0, 0.05) is 58.5 Å². The molecule has 4 N–H and O–H groups in total. The molecule has 5 heterocycles. The number of aromatic amines is 1. The summed E-state index contributed by atoms with van der Waals surface area (Å²) < 4.78 is 22.3. The summed E-state index contributed by atoms with van der Waals surface area (Å²) in [4.78, 5) is 79.3. The van der Waals surface area contributed by atoms with Gasteiger partial charge in [-0.1, -0.05) is 17.3 Å². The number of nitrogens with zero attached hydrogens (tertiary/aromatic N) is 6. The van der Waals surface area contributed by atoms with E-state index in [2.05, 4.69) is 30.1 Å². The SMILES string of the molecule is CCO/N=C(/C(=O)NC1C(=O)N2C(C(=O)OCc3ccc(OC)cc3)=C(C[n+]3ccc(-c4c[nH]c(/C=C/C(=O)NC#N)c4)cc3)CSC12)c1nsc(NC(=O)OC(C)(C)C)n1. The lowest BCUT2D eigenvalue weighted by molar-refractivity contribution is -0.689. The van der Waals surface area contributed by atoms with Crippen molar-refractivity contribution in [3.05, 3.63) is 95.5 Å². The van der Waals surface area contributed by atoms with E-state index in [1.165, 1.54) is 22.7 Å². The molecule has 0 spiro atoms. The summed E-state index contributed by atoms with van der Waals surface area (Å²) in [5, 5.41) is 19.1. The number of pyridine rings is 1. The van der Waals surface area contributed by atoms with Crippen LogP contribution in [-0.4, -0.2) is 91.2 Å². The van der Waals surface area contributed by atoms with Gasteiger partial charge in [-0.25, -0.2) is 14.2 Å². The number of hydrogen-bond donors (Lipinski definition) is 4. The van der Waals surface area contributed by atoms with E-state index in [-0.39, 0.29) is 42.1 Å². The number of benzene rings is 1. The summed E-state index contributed by atoms with van der Waals surface area (Å²) in [5.74, 6) is -1.79. The van der Waals surface area contributed by atoms with Crippen LogP contribution in [-0.2, 0) is 46.6 Å². The van der Waals surface area contributed by atoms with Crippen LogP contribution in [0.4, 0.5) is 9.93 Å². The van der Waals surface area contributed by atoms with E-state index in [9.17, 15) is 24.0 Å². The molecule has 2 atom stereocenters. The van der Waals surface area contributed by atoms with Gasteiger partial charge >= 0.3 is 12.1 Å². The van der Waals surface area contributed by atoms with E-state index >= 15 is 0 Å². The maximum atomic E-state index is 14.0. The minimum absolute atomic E-state index is 0.0464. The van der Waals surface area contributed by atoms with Gasteiger partial charge in [0.1, 0.15) is 41.7 Å². The van der Waals surface area contributed by atoms with Crippen molar-refractivity contribution in [3.63, 3.8) is 0 Å². The molecule has 3 aromatic heterocycles. The van der Waals surface area contributed by atoms with Crippen molar-refractivity contribution < 1.29 is 47.6 Å². The fraction of sp³-hybridized carbons (Fsp3) is 0.300. The van der Waals surface area contributed by atoms with Gasteiger partial charge in [-0.05, 0) is 63.1 Å². The zero-order chi connectivity index (χ0) is 43.7. The first kappa shape index (κ1) is 43.5. The van der Waals surface area contributed by atoms with Crippen molar-refractivity contribution in [2.24, 2.45) is 5.16 Å². The number of methoxy groups -OCH3 is 1. The summed E-state index contributed by atoms with van der Waals surface area (Å²) in [5.41, 5.74) is 2.70. The molecule has 1 fully saturated rings. The highest BCUT2D eigenvalue weighted by Crippen LogP contribution is 2.41. The molecule has 0 bridgehead atoms. The van der Waals surface area contributed by atoms with Crippen LogP contribution in [0.5, 0.6) is 5.75 Å². The van der Waals surface area contributed by atoms with Gasteiger partial charge in [-0.15, -0.1) is 11.8 Å². The van der Waals surface area contributed by atoms with Crippen LogP contribution in [0, 0.1) is 11.5 Å². The predicted molar refractivity (Wildman–Crippen MR) is 222 cm³/mol. The highest BCUT2D eigenvalue weighted by atomic mass is 32.2. The average Bonchev–Trinajstić information content (AvgIpc) is 3.91. The Morgan fingerprint density at radius 3 is 2.57 bits per heavy atom. The molecule has 2 unspecified atom stereocenters. The first-order valence-corrected chi connectivity index (χ1v) is 20.5. The number of aromatic nitrogens is 4. The summed E-state index contributed by atoms with van der Waals surface area (Å²) in [6.45, 7) is 7.08. The number of thioether (sulfide) groups is 1. The number of carbonyl (C=O) groups excluding carboxylic acids is 5. The van der Waals surface area contributed by atoms with Gasteiger partial charge < -0.3 is 29.3 Å². The molecule has 4 amide bonds. The average molecular weight is 870 g/mol. The summed E-state index contributed by atoms with van der Waals surface area (Å²) in [6.07, 6.45) is 9.07. The Bertz CT molecular complexity index is 2430. The van der Waals surface area contributed by atoms with Gasteiger partial charge in [0.25, 0.3) is 17.7 Å². The molecule has 6 rings (SSSR count). The minimum Gasteiger partial charge on any atom is -0.497 e. The lowest BCUT2D eigenvalue weighted by atomic mass is 10.0. The van der Waals surface area contributed by atoms with Crippen molar-refractivity contribution in [3.8, 4) is 23.1 Å². The molecule has 0 radical (unpaired) electrons.